The van der Waals surface area contributed by atoms with E-state index < -0.39 is 81.7 Å². The minimum atomic E-state index is -6.03. The van der Waals surface area contributed by atoms with Crippen molar-refractivity contribution in [1.82, 2.24) is 14.9 Å². The number of hydrogen-bond donors (Lipinski definition) is 2. The molecule has 2 N–H and O–H groups in total. The predicted molar refractivity (Wildman–Crippen MR) is 130 cm³/mol. The molecule has 2 aromatic heterocycles. The summed E-state index contributed by atoms with van der Waals surface area (Å²) in [4.78, 5) is 32.1. The zero-order valence-electron chi connectivity index (χ0n) is 20.3. The Morgan fingerprint density at radius 1 is 1.18 bits per heavy atom. The molecule has 0 spiro atoms. The van der Waals surface area contributed by atoms with Crippen molar-refractivity contribution in [2.24, 2.45) is 0 Å². The topological polar surface area (TPSA) is 87.5 Å². The van der Waals surface area contributed by atoms with Crippen LogP contribution in [0.4, 0.5) is 40.9 Å². The maximum absolute atomic E-state index is 14.9. The number of pyridine rings is 2. The van der Waals surface area contributed by atoms with Gasteiger partial charge in [0.25, 0.3) is 5.91 Å². The van der Waals surface area contributed by atoms with Crippen LogP contribution in [0.3, 0.4) is 0 Å². The van der Waals surface area contributed by atoms with Gasteiger partial charge in [-0.05, 0) is 34.8 Å². The largest absolute Gasteiger partial charge is 0.455 e. The third-order valence-corrected chi connectivity index (χ3v) is 6.96. The first kappa shape index (κ1) is 29.7. The Bertz CT molecular complexity index is 1520. The first-order chi connectivity index (χ1) is 18.6. The number of nitrogens with zero attached hydrogens (tertiary/aromatic N) is 3. The molecule has 1 fully saturated rings. The summed E-state index contributed by atoms with van der Waals surface area (Å²) in [5.74, 6) is -11.2. The lowest BCUT2D eigenvalue weighted by Gasteiger charge is -2.28. The number of aliphatic hydroxyl groups is 1. The minimum Gasteiger partial charge on any atom is -0.391 e. The molecule has 0 aliphatic carbocycles. The van der Waals surface area contributed by atoms with Crippen LogP contribution in [0.25, 0.3) is 16.7 Å². The van der Waals surface area contributed by atoms with Crippen molar-refractivity contribution >= 4 is 38.7 Å². The molecule has 0 bridgehead atoms. The normalized spacial score (nSPS) is 17.0. The highest BCUT2D eigenvalue weighted by molar-refractivity contribution is 9.10. The van der Waals surface area contributed by atoms with E-state index >= 15 is 0 Å². The quantitative estimate of drug-likeness (QED) is 0.376. The Kier molecular flexibility index (Phi) is 7.88. The number of hydrogen-bond acceptors (Lipinski definition) is 5. The van der Waals surface area contributed by atoms with Crippen LogP contribution in [-0.2, 0) is 0 Å². The average Bonchev–Trinajstić information content (AvgIpc) is 3.28. The van der Waals surface area contributed by atoms with Gasteiger partial charge in [-0.1, -0.05) is 6.92 Å². The predicted octanol–water partition coefficient (Wildman–Crippen LogP) is 4.84. The fourth-order valence-corrected chi connectivity index (χ4v) is 4.92. The van der Waals surface area contributed by atoms with E-state index in [1.807, 2.05) is 0 Å². The van der Waals surface area contributed by atoms with Crippen molar-refractivity contribution < 1.29 is 45.0 Å². The smallest absolute Gasteiger partial charge is 0.391 e. The van der Waals surface area contributed by atoms with Gasteiger partial charge in [0.2, 0.25) is 5.43 Å². The van der Waals surface area contributed by atoms with E-state index in [-0.39, 0.29) is 16.8 Å². The van der Waals surface area contributed by atoms with Gasteiger partial charge in [0.15, 0.2) is 17.3 Å². The minimum absolute atomic E-state index is 0.118. The van der Waals surface area contributed by atoms with Crippen LogP contribution in [0.1, 0.15) is 30.1 Å². The van der Waals surface area contributed by atoms with Crippen LogP contribution < -0.4 is 15.6 Å². The molecule has 1 amide bonds. The lowest BCUT2D eigenvalue weighted by molar-refractivity contribution is -0.292. The first-order valence-corrected chi connectivity index (χ1v) is 12.4. The van der Waals surface area contributed by atoms with E-state index in [4.69, 9.17) is 0 Å². The van der Waals surface area contributed by atoms with Gasteiger partial charge in [-0.3, -0.25) is 14.2 Å². The van der Waals surface area contributed by atoms with E-state index in [2.05, 4.69) is 20.9 Å². The Morgan fingerprint density at radius 3 is 2.33 bits per heavy atom. The number of halogens is 9. The third-order valence-electron chi connectivity index (χ3n) is 6.37. The molecule has 1 aliphatic rings. The molecule has 0 radical (unpaired) electrons. The van der Waals surface area contributed by atoms with Crippen molar-refractivity contribution in [3.8, 4) is 5.69 Å². The molecule has 2 unspecified atom stereocenters. The molecule has 1 aromatic carbocycles. The van der Waals surface area contributed by atoms with Gasteiger partial charge < -0.3 is 15.3 Å². The Hall–Kier alpha value is -3.27. The fourth-order valence-electron chi connectivity index (χ4n) is 4.35. The SMILES string of the molecule is CCC(NC(=O)c1cn(-c2c(F)cc(F)cc2F)c2nc(N3CCC(O)C3)c(Br)cc2c1=O)C(F)(F)C(F)(F)F. The first-order valence-electron chi connectivity index (χ1n) is 11.7. The molecule has 2 atom stereocenters. The number of alkyl halides is 5. The molecular formula is C24H19BrF8N4O3. The highest BCUT2D eigenvalue weighted by atomic mass is 79.9. The van der Waals surface area contributed by atoms with Crippen LogP contribution in [0.5, 0.6) is 0 Å². The lowest BCUT2D eigenvalue weighted by atomic mass is 10.1. The molecule has 1 aliphatic heterocycles. The summed E-state index contributed by atoms with van der Waals surface area (Å²) in [6.45, 7) is 1.38. The highest BCUT2D eigenvalue weighted by Crippen LogP contribution is 2.39. The van der Waals surface area contributed by atoms with Crippen molar-refractivity contribution in [3.05, 3.63) is 62.1 Å². The maximum Gasteiger partial charge on any atom is 0.455 e. The molecule has 4 rings (SSSR count). The molecule has 3 aromatic rings. The number of aromatic nitrogens is 2. The van der Waals surface area contributed by atoms with E-state index in [0.29, 0.717) is 35.9 Å². The standard InChI is InChI=1S/C24H19BrF8N4O3/c1-2-17(23(29,30)24(31,32)33)34-22(40)13-9-37(18-15(27)5-10(26)6-16(18)28)20-12(19(13)39)7-14(25)21(35-20)36-4-3-11(38)8-36/h5-7,9,11,17,38H,2-4,8H2,1H3,(H,34,40). The fraction of sp³-hybridized carbons (Fsp3) is 0.375. The Balaban J connectivity index is 1.96. The summed E-state index contributed by atoms with van der Waals surface area (Å²) in [5.41, 5.74) is -3.68. The summed E-state index contributed by atoms with van der Waals surface area (Å²) < 4.78 is 111. The number of benzene rings is 1. The van der Waals surface area contributed by atoms with Crippen LogP contribution in [0.2, 0.25) is 0 Å². The number of anilines is 1. The average molecular weight is 643 g/mol. The molecular weight excluding hydrogens is 624 g/mol. The van der Waals surface area contributed by atoms with Gasteiger partial charge in [0.05, 0.1) is 16.0 Å². The molecule has 40 heavy (non-hydrogen) atoms. The zero-order valence-corrected chi connectivity index (χ0v) is 21.9. The monoisotopic (exact) mass is 642 g/mol. The lowest BCUT2D eigenvalue weighted by Crippen LogP contribution is -2.55. The third kappa shape index (κ3) is 5.25. The second kappa shape index (κ2) is 10.6. The van der Waals surface area contributed by atoms with E-state index in [1.165, 1.54) is 5.32 Å². The molecule has 1 saturated heterocycles. The molecule has 0 saturated carbocycles. The van der Waals surface area contributed by atoms with Crippen LogP contribution in [0, 0.1) is 17.5 Å². The molecule has 16 heteroatoms. The number of amides is 1. The summed E-state index contributed by atoms with van der Waals surface area (Å²) in [7, 11) is 0. The second-order valence-corrected chi connectivity index (χ2v) is 9.92. The summed E-state index contributed by atoms with van der Waals surface area (Å²) >= 11 is 3.21. The van der Waals surface area contributed by atoms with Gasteiger partial charge in [-0.2, -0.15) is 22.0 Å². The molecule has 216 valence electrons. The number of carbonyl (C=O) groups is 1. The highest BCUT2D eigenvalue weighted by Gasteiger charge is 2.62. The summed E-state index contributed by atoms with van der Waals surface area (Å²) in [6, 6.07) is -1.05. The number of carbonyl (C=O) groups excluding carboxylic acids is 1. The van der Waals surface area contributed by atoms with Gasteiger partial charge in [-0.25, -0.2) is 18.2 Å². The van der Waals surface area contributed by atoms with Gasteiger partial charge in [0.1, 0.15) is 28.9 Å². The van der Waals surface area contributed by atoms with Gasteiger partial charge >= 0.3 is 12.1 Å². The summed E-state index contributed by atoms with van der Waals surface area (Å²) in [5, 5.41) is 10.9. The number of β-amino-alcohol motifs (C(OH)–C–C–N with tert-alkyl or cyclic N) is 1. The van der Waals surface area contributed by atoms with Crippen molar-refractivity contribution in [2.75, 3.05) is 18.0 Å². The zero-order chi connectivity index (χ0) is 29.7. The van der Waals surface area contributed by atoms with Crippen molar-refractivity contribution in [2.45, 2.75) is 44.0 Å². The van der Waals surface area contributed by atoms with Gasteiger partial charge in [-0.15, -0.1) is 0 Å². The van der Waals surface area contributed by atoms with E-state index in [9.17, 15) is 49.8 Å². The number of nitrogens with one attached hydrogen (secondary N) is 1. The van der Waals surface area contributed by atoms with Crippen molar-refractivity contribution in [1.29, 1.82) is 0 Å². The Labute approximate surface area is 228 Å². The van der Waals surface area contributed by atoms with Crippen LogP contribution in [0.15, 0.2) is 33.7 Å². The second-order valence-electron chi connectivity index (χ2n) is 9.07. The van der Waals surface area contributed by atoms with E-state index in [0.717, 1.165) is 13.0 Å². The number of fused-ring (bicyclic) bond motifs is 1. The Morgan fingerprint density at radius 2 is 1.80 bits per heavy atom. The number of rotatable bonds is 6. The molecule has 3 heterocycles. The van der Waals surface area contributed by atoms with Crippen LogP contribution >= 0.6 is 15.9 Å². The number of aliphatic hydroxyl groups excluding tert-OH is 1. The van der Waals surface area contributed by atoms with Crippen molar-refractivity contribution in [3.63, 3.8) is 0 Å². The maximum atomic E-state index is 14.9. The van der Waals surface area contributed by atoms with Crippen LogP contribution in [-0.4, -0.2) is 57.9 Å². The van der Waals surface area contributed by atoms with E-state index in [1.54, 1.807) is 4.90 Å². The summed E-state index contributed by atoms with van der Waals surface area (Å²) in [6.07, 6.45) is -6.74. The molecule has 7 nitrogen and oxygen atoms in total. The van der Waals surface area contributed by atoms with Gasteiger partial charge in [0, 0.05) is 31.4 Å².